The van der Waals surface area contributed by atoms with Crippen LogP contribution in [0, 0.1) is 10.1 Å². The monoisotopic (exact) mass is 424 g/mol. The first-order valence-corrected chi connectivity index (χ1v) is 9.91. The lowest BCUT2D eigenvalue weighted by Gasteiger charge is -2.34. The van der Waals surface area contributed by atoms with Gasteiger partial charge in [-0.3, -0.25) is 14.9 Å². The molecule has 0 spiro atoms. The van der Waals surface area contributed by atoms with E-state index >= 15 is 0 Å². The summed E-state index contributed by atoms with van der Waals surface area (Å²) in [5, 5.41) is 11.1. The van der Waals surface area contributed by atoms with E-state index in [-0.39, 0.29) is 31.2 Å². The van der Waals surface area contributed by atoms with Crippen LogP contribution in [0.15, 0.2) is 59.8 Å². The molecule has 1 unspecified atom stereocenters. The fourth-order valence-electron chi connectivity index (χ4n) is 3.77. The maximum Gasteiger partial charge on any atom is 0.336 e. The zero-order chi connectivity index (χ0) is 22.5. The number of benzene rings is 2. The summed E-state index contributed by atoms with van der Waals surface area (Å²) in [5.74, 6) is -0.498. The second kappa shape index (κ2) is 9.42. The van der Waals surface area contributed by atoms with E-state index in [2.05, 4.69) is 0 Å². The van der Waals surface area contributed by atoms with Crippen LogP contribution in [-0.2, 0) is 20.9 Å². The molecule has 0 radical (unpaired) electrons. The number of methoxy groups -OCH3 is 1. The molecule has 1 aliphatic rings. The van der Waals surface area contributed by atoms with Crippen LogP contribution >= 0.6 is 0 Å². The van der Waals surface area contributed by atoms with Crippen molar-refractivity contribution in [2.45, 2.75) is 32.7 Å². The Morgan fingerprint density at radius 3 is 2.65 bits per heavy atom. The van der Waals surface area contributed by atoms with Gasteiger partial charge in [-0.1, -0.05) is 24.3 Å². The summed E-state index contributed by atoms with van der Waals surface area (Å²) in [5.41, 5.74) is 2.22. The predicted octanol–water partition coefficient (Wildman–Crippen LogP) is 3.96. The molecule has 8 nitrogen and oxygen atoms in total. The van der Waals surface area contributed by atoms with Crippen LogP contribution < -0.4 is 4.74 Å². The van der Waals surface area contributed by atoms with Crippen molar-refractivity contribution >= 4 is 17.6 Å². The van der Waals surface area contributed by atoms with Gasteiger partial charge in [0.1, 0.15) is 5.75 Å². The third-order valence-electron chi connectivity index (χ3n) is 5.28. The van der Waals surface area contributed by atoms with E-state index in [1.54, 1.807) is 45.2 Å². The van der Waals surface area contributed by atoms with Crippen LogP contribution in [0.3, 0.4) is 0 Å². The van der Waals surface area contributed by atoms with Crippen LogP contribution in [0.2, 0.25) is 0 Å². The van der Waals surface area contributed by atoms with Gasteiger partial charge in [-0.15, -0.1) is 0 Å². The molecule has 2 aromatic rings. The van der Waals surface area contributed by atoms with E-state index < -0.39 is 16.8 Å². The molecular weight excluding hydrogens is 400 g/mol. The number of carbonyl (C=O) groups is 2. The normalized spacial score (nSPS) is 16.3. The summed E-state index contributed by atoms with van der Waals surface area (Å²) in [6.45, 7) is 3.76. The maximum atomic E-state index is 13.1. The van der Waals surface area contributed by atoms with Gasteiger partial charge >= 0.3 is 5.97 Å². The number of hydrogen-bond acceptors (Lipinski definition) is 6. The third kappa shape index (κ3) is 4.74. The number of nitro benzene ring substituents is 1. The topological polar surface area (TPSA) is 99.0 Å². The Labute approximate surface area is 180 Å². The highest BCUT2D eigenvalue weighted by atomic mass is 16.6. The minimum atomic E-state index is -0.482. The maximum absolute atomic E-state index is 13.1. The Hall–Kier alpha value is -3.68. The van der Waals surface area contributed by atoms with Crippen LogP contribution in [-0.4, -0.2) is 35.4 Å². The minimum Gasteiger partial charge on any atom is -0.497 e. The molecule has 1 heterocycles. The first-order valence-electron chi connectivity index (χ1n) is 9.91. The Balaban J connectivity index is 2.03. The zero-order valence-corrected chi connectivity index (χ0v) is 17.7. The van der Waals surface area contributed by atoms with E-state index in [0.717, 1.165) is 5.56 Å². The third-order valence-corrected chi connectivity index (χ3v) is 5.28. The van der Waals surface area contributed by atoms with Gasteiger partial charge < -0.3 is 14.4 Å². The fourth-order valence-corrected chi connectivity index (χ4v) is 3.77. The van der Waals surface area contributed by atoms with Crippen molar-refractivity contribution < 1.29 is 24.0 Å². The molecule has 0 fully saturated rings. The van der Waals surface area contributed by atoms with Crippen molar-refractivity contribution in [1.29, 1.82) is 0 Å². The lowest BCUT2D eigenvalue weighted by Crippen LogP contribution is -2.38. The van der Waals surface area contributed by atoms with Crippen molar-refractivity contribution in [3.8, 4) is 5.75 Å². The Kier molecular flexibility index (Phi) is 6.69. The van der Waals surface area contributed by atoms with Gasteiger partial charge in [0.05, 0.1) is 30.8 Å². The van der Waals surface area contributed by atoms with Gasteiger partial charge in [0.15, 0.2) is 0 Å². The molecule has 3 rings (SSSR count). The number of nitro groups is 1. The van der Waals surface area contributed by atoms with Gasteiger partial charge in [0, 0.05) is 30.2 Å². The average molecular weight is 424 g/mol. The van der Waals surface area contributed by atoms with Crippen LogP contribution in [0.4, 0.5) is 5.69 Å². The van der Waals surface area contributed by atoms with Crippen molar-refractivity contribution in [3.63, 3.8) is 0 Å². The van der Waals surface area contributed by atoms with Gasteiger partial charge in [0.2, 0.25) is 5.91 Å². The highest BCUT2D eigenvalue weighted by Crippen LogP contribution is 2.38. The molecule has 0 saturated carbocycles. The lowest BCUT2D eigenvalue weighted by molar-refractivity contribution is -0.384. The van der Waals surface area contributed by atoms with Crippen molar-refractivity contribution in [2.75, 3.05) is 13.7 Å². The molecule has 8 heteroatoms. The molecule has 0 aromatic heterocycles. The molecule has 31 heavy (non-hydrogen) atoms. The van der Waals surface area contributed by atoms with E-state index in [1.165, 1.54) is 17.0 Å². The predicted molar refractivity (Wildman–Crippen MR) is 113 cm³/mol. The fraction of sp³-hybridized carbons (Fsp3) is 0.304. The smallest absolute Gasteiger partial charge is 0.336 e. The van der Waals surface area contributed by atoms with Gasteiger partial charge in [-0.05, 0) is 37.1 Å². The van der Waals surface area contributed by atoms with Gasteiger partial charge in [-0.25, -0.2) is 4.79 Å². The number of nitrogens with zero attached hydrogens (tertiary/aromatic N) is 2. The minimum absolute atomic E-state index is 0.0523. The van der Waals surface area contributed by atoms with Crippen molar-refractivity contribution in [3.05, 3.63) is 81.0 Å². The van der Waals surface area contributed by atoms with Crippen LogP contribution in [0.5, 0.6) is 5.75 Å². The number of rotatable bonds is 7. The average Bonchev–Trinajstić information content (AvgIpc) is 2.76. The Morgan fingerprint density at radius 1 is 1.23 bits per heavy atom. The molecule has 1 amide bonds. The summed E-state index contributed by atoms with van der Waals surface area (Å²) in [7, 11) is 1.55. The van der Waals surface area contributed by atoms with Crippen molar-refractivity contribution in [1.82, 2.24) is 4.90 Å². The molecule has 2 aromatic carbocycles. The highest BCUT2D eigenvalue weighted by Gasteiger charge is 2.37. The number of allylic oxidation sites excluding steroid dienone is 1. The molecule has 0 N–H and O–H groups in total. The quantitative estimate of drug-likeness (QED) is 0.379. The van der Waals surface area contributed by atoms with Gasteiger partial charge in [0.25, 0.3) is 5.69 Å². The highest BCUT2D eigenvalue weighted by molar-refractivity contribution is 5.95. The number of non-ortho nitro benzene ring substituents is 1. The summed E-state index contributed by atoms with van der Waals surface area (Å²) in [4.78, 5) is 38.0. The zero-order valence-electron chi connectivity index (χ0n) is 17.7. The number of carbonyl (C=O) groups excluding carboxylic acids is 2. The molecular formula is C23H24N2O6. The van der Waals surface area contributed by atoms with Gasteiger partial charge in [-0.2, -0.15) is 0 Å². The molecule has 162 valence electrons. The van der Waals surface area contributed by atoms with E-state index in [4.69, 9.17) is 9.47 Å². The van der Waals surface area contributed by atoms with Crippen LogP contribution in [0.25, 0.3) is 0 Å². The number of esters is 1. The van der Waals surface area contributed by atoms with E-state index in [1.807, 2.05) is 12.1 Å². The summed E-state index contributed by atoms with van der Waals surface area (Å²) in [6, 6.07) is 13.4. The summed E-state index contributed by atoms with van der Waals surface area (Å²) < 4.78 is 10.6. The second-order valence-corrected chi connectivity index (χ2v) is 7.16. The molecule has 0 saturated heterocycles. The Morgan fingerprint density at radius 2 is 1.97 bits per heavy atom. The number of amides is 1. The van der Waals surface area contributed by atoms with E-state index in [9.17, 15) is 19.7 Å². The first-order chi connectivity index (χ1) is 14.8. The molecule has 0 bridgehead atoms. The summed E-state index contributed by atoms with van der Waals surface area (Å²) in [6.07, 6.45) is 0.0770. The van der Waals surface area contributed by atoms with E-state index in [0.29, 0.717) is 22.6 Å². The largest absolute Gasteiger partial charge is 0.497 e. The number of ether oxygens (including phenoxy) is 2. The number of hydrogen-bond donors (Lipinski definition) is 0. The SMILES string of the molecule is CCOC(=O)C1=C(C)N(Cc2cccc([N+](=O)[O-])c2)C(=O)CC1c1cccc(OC)c1. The molecule has 1 aliphatic heterocycles. The van der Waals surface area contributed by atoms with Crippen LogP contribution in [0.1, 0.15) is 37.3 Å². The first kappa shape index (κ1) is 22.0. The molecule has 0 aliphatic carbocycles. The lowest BCUT2D eigenvalue weighted by atomic mass is 9.83. The van der Waals surface area contributed by atoms with Crippen molar-refractivity contribution in [2.24, 2.45) is 0 Å². The standard InChI is InChI=1S/C23H24N2O6/c1-4-31-23(27)22-15(2)24(14-16-7-5-9-18(11-16)25(28)29)21(26)13-20(22)17-8-6-10-19(12-17)30-3/h5-12,20H,4,13-14H2,1-3H3. The molecule has 1 atom stereocenters. The second-order valence-electron chi connectivity index (χ2n) is 7.16. The Bertz CT molecular complexity index is 1050. The summed E-state index contributed by atoms with van der Waals surface area (Å²) >= 11 is 0.